The van der Waals surface area contributed by atoms with E-state index in [-0.39, 0.29) is 24.0 Å². The van der Waals surface area contributed by atoms with E-state index in [0.29, 0.717) is 19.6 Å². The molecule has 1 aliphatic rings. The maximum atomic E-state index is 12.5. The highest BCUT2D eigenvalue weighted by Crippen LogP contribution is 2.23. The van der Waals surface area contributed by atoms with E-state index in [2.05, 4.69) is 10.1 Å². The summed E-state index contributed by atoms with van der Waals surface area (Å²) < 4.78 is 65.1. The molecule has 2 rings (SSSR count). The van der Waals surface area contributed by atoms with Crippen LogP contribution in [-0.2, 0) is 29.9 Å². The van der Waals surface area contributed by atoms with Gasteiger partial charge in [0.15, 0.2) is 15.9 Å². The number of para-hydroxylation sites is 1. The third-order valence-electron chi connectivity index (χ3n) is 3.91. The number of carbonyl (C=O) groups is 1. The van der Waals surface area contributed by atoms with Gasteiger partial charge in [0.2, 0.25) is 5.91 Å². The maximum Gasteiger partial charge on any atom is 0.387 e. The molecule has 1 amide bonds. The highest BCUT2D eigenvalue weighted by molar-refractivity contribution is 7.90. The van der Waals surface area contributed by atoms with Crippen molar-refractivity contribution in [2.45, 2.75) is 37.9 Å². The van der Waals surface area contributed by atoms with Gasteiger partial charge in [-0.3, -0.25) is 4.79 Å². The van der Waals surface area contributed by atoms with Gasteiger partial charge in [0.1, 0.15) is 5.75 Å². The highest BCUT2D eigenvalue weighted by atomic mass is 32.2. The molecule has 1 unspecified atom stereocenters. The van der Waals surface area contributed by atoms with Gasteiger partial charge in [0.05, 0.1) is 17.6 Å². The van der Waals surface area contributed by atoms with Crippen LogP contribution in [0.4, 0.5) is 8.78 Å². The SMILES string of the molecule is CCOCCC1CNC(=O)[C@H](CS(=O)(=O)Cc2ccccc2OC(F)F)O1. The number of sulfone groups is 1. The standard InChI is InChI=1S/C17H23F2NO6S/c1-2-24-8-7-13-9-20-16(21)15(25-13)11-27(22,23)10-12-5-3-4-6-14(12)26-17(18)19/h3-6,13,15,17H,2,7-11H2,1H3,(H,20,21)/t13?,15-/m0/s1. The highest BCUT2D eigenvalue weighted by Gasteiger charge is 2.33. The minimum Gasteiger partial charge on any atom is -0.435 e. The molecule has 1 N–H and O–H groups in total. The topological polar surface area (TPSA) is 90.9 Å². The number of alkyl halides is 2. The Hall–Kier alpha value is -1.78. The Bertz CT molecular complexity index is 728. The minimum atomic E-state index is -3.82. The molecule has 0 saturated carbocycles. The molecule has 0 bridgehead atoms. The molecule has 2 atom stereocenters. The molecule has 7 nitrogen and oxygen atoms in total. The fourth-order valence-corrected chi connectivity index (χ4v) is 4.20. The van der Waals surface area contributed by atoms with Crippen LogP contribution >= 0.6 is 0 Å². The van der Waals surface area contributed by atoms with E-state index < -0.39 is 40.0 Å². The second-order valence-electron chi connectivity index (χ2n) is 6.02. The Labute approximate surface area is 156 Å². The van der Waals surface area contributed by atoms with Crippen LogP contribution < -0.4 is 10.1 Å². The van der Waals surface area contributed by atoms with Crippen molar-refractivity contribution in [3.63, 3.8) is 0 Å². The summed E-state index contributed by atoms with van der Waals surface area (Å²) in [4.78, 5) is 12.0. The summed E-state index contributed by atoms with van der Waals surface area (Å²) in [6.07, 6.45) is -0.974. The molecule has 10 heteroatoms. The second kappa shape index (κ2) is 9.95. The number of nitrogens with one attached hydrogen (secondary N) is 1. The number of benzene rings is 1. The van der Waals surface area contributed by atoms with Crippen molar-refractivity contribution in [1.82, 2.24) is 5.32 Å². The van der Waals surface area contributed by atoms with Crippen molar-refractivity contribution >= 4 is 15.7 Å². The van der Waals surface area contributed by atoms with Crippen molar-refractivity contribution < 1.29 is 36.2 Å². The van der Waals surface area contributed by atoms with Crippen LogP contribution in [0.3, 0.4) is 0 Å². The van der Waals surface area contributed by atoms with E-state index in [4.69, 9.17) is 9.47 Å². The van der Waals surface area contributed by atoms with Crippen molar-refractivity contribution in [3.05, 3.63) is 29.8 Å². The first-order valence-corrected chi connectivity index (χ1v) is 10.4. The molecule has 1 heterocycles. The smallest absolute Gasteiger partial charge is 0.387 e. The Morgan fingerprint density at radius 1 is 1.33 bits per heavy atom. The Kier molecular flexibility index (Phi) is 7.93. The fraction of sp³-hybridized carbons (Fsp3) is 0.588. The van der Waals surface area contributed by atoms with Crippen LogP contribution in [0.2, 0.25) is 0 Å². The number of rotatable bonds is 10. The van der Waals surface area contributed by atoms with Crippen LogP contribution in [0.5, 0.6) is 5.75 Å². The van der Waals surface area contributed by atoms with E-state index in [1.165, 1.54) is 24.3 Å². The zero-order chi connectivity index (χ0) is 19.9. The molecule has 0 radical (unpaired) electrons. The van der Waals surface area contributed by atoms with Crippen LogP contribution in [0.25, 0.3) is 0 Å². The number of hydrogen-bond donors (Lipinski definition) is 1. The normalized spacial score (nSPS) is 20.5. The summed E-state index contributed by atoms with van der Waals surface area (Å²) in [6.45, 7) is 0.0702. The molecule has 1 aromatic rings. The van der Waals surface area contributed by atoms with Crippen molar-refractivity contribution in [3.8, 4) is 5.75 Å². The first-order valence-electron chi connectivity index (χ1n) is 8.54. The average Bonchev–Trinajstić information content (AvgIpc) is 2.59. The van der Waals surface area contributed by atoms with Crippen LogP contribution in [0, 0.1) is 0 Å². The number of morpholine rings is 1. The van der Waals surface area contributed by atoms with E-state index in [1.54, 1.807) is 0 Å². The van der Waals surface area contributed by atoms with E-state index >= 15 is 0 Å². The predicted octanol–water partition coefficient (Wildman–Crippen LogP) is 1.51. The number of ether oxygens (including phenoxy) is 3. The molecule has 0 aromatic heterocycles. The first kappa shape index (κ1) is 21.5. The lowest BCUT2D eigenvalue weighted by Crippen LogP contribution is -2.52. The van der Waals surface area contributed by atoms with Gasteiger partial charge in [-0.1, -0.05) is 18.2 Å². The maximum absolute atomic E-state index is 12.5. The third-order valence-corrected chi connectivity index (χ3v) is 5.47. The summed E-state index contributed by atoms with van der Waals surface area (Å²) in [7, 11) is -3.82. The lowest BCUT2D eigenvalue weighted by atomic mass is 10.2. The van der Waals surface area contributed by atoms with Gasteiger partial charge < -0.3 is 19.5 Å². The number of carbonyl (C=O) groups excluding carboxylic acids is 1. The quantitative estimate of drug-likeness (QED) is 0.592. The zero-order valence-electron chi connectivity index (χ0n) is 14.9. The molecular formula is C17H23F2NO6S. The number of hydrogen-bond acceptors (Lipinski definition) is 6. The van der Waals surface area contributed by atoms with Crippen molar-refractivity contribution in [1.29, 1.82) is 0 Å². The summed E-state index contributed by atoms with van der Waals surface area (Å²) in [5, 5.41) is 2.63. The lowest BCUT2D eigenvalue weighted by Gasteiger charge is -2.29. The van der Waals surface area contributed by atoms with Crippen LogP contribution in [0.1, 0.15) is 18.9 Å². The summed E-state index contributed by atoms with van der Waals surface area (Å²) in [5.74, 6) is -1.80. The van der Waals surface area contributed by atoms with Gasteiger partial charge in [-0.05, 0) is 19.4 Å². The summed E-state index contributed by atoms with van der Waals surface area (Å²) >= 11 is 0. The zero-order valence-corrected chi connectivity index (χ0v) is 15.7. The van der Waals surface area contributed by atoms with Crippen molar-refractivity contribution in [2.75, 3.05) is 25.5 Å². The third kappa shape index (κ3) is 7.04. The van der Waals surface area contributed by atoms with E-state index in [0.717, 1.165) is 0 Å². The largest absolute Gasteiger partial charge is 0.435 e. The van der Waals surface area contributed by atoms with E-state index in [9.17, 15) is 22.0 Å². The molecule has 0 aliphatic carbocycles. The lowest BCUT2D eigenvalue weighted by molar-refractivity contribution is -0.143. The molecule has 152 valence electrons. The molecule has 1 fully saturated rings. The molecular weight excluding hydrogens is 384 g/mol. The molecule has 0 spiro atoms. The van der Waals surface area contributed by atoms with Gasteiger partial charge in [-0.15, -0.1) is 0 Å². The predicted molar refractivity (Wildman–Crippen MR) is 93.3 cm³/mol. The summed E-state index contributed by atoms with van der Waals surface area (Å²) in [5.41, 5.74) is 0.0990. The van der Waals surface area contributed by atoms with Gasteiger partial charge in [0, 0.05) is 25.3 Å². The van der Waals surface area contributed by atoms with Gasteiger partial charge >= 0.3 is 6.61 Å². The molecule has 1 aliphatic heterocycles. The van der Waals surface area contributed by atoms with Crippen LogP contribution in [0.15, 0.2) is 24.3 Å². The monoisotopic (exact) mass is 407 g/mol. The van der Waals surface area contributed by atoms with E-state index in [1.807, 2.05) is 6.92 Å². The Balaban J connectivity index is 2.01. The summed E-state index contributed by atoms with van der Waals surface area (Å²) in [6, 6.07) is 5.65. The molecule has 27 heavy (non-hydrogen) atoms. The Morgan fingerprint density at radius 3 is 2.78 bits per heavy atom. The molecule has 1 aromatic carbocycles. The number of halogens is 2. The van der Waals surface area contributed by atoms with Gasteiger partial charge in [0.25, 0.3) is 0 Å². The van der Waals surface area contributed by atoms with Gasteiger partial charge in [-0.2, -0.15) is 8.78 Å². The van der Waals surface area contributed by atoms with Crippen molar-refractivity contribution in [2.24, 2.45) is 0 Å². The van der Waals surface area contributed by atoms with Crippen LogP contribution in [-0.4, -0.2) is 58.7 Å². The first-order chi connectivity index (χ1) is 12.8. The number of amides is 1. The minimum absolute atomic E-state index is 0.0990. The Morgan fingerprint density at radius 2 is 2.07 bits per heavy atom. The van der Waals surface area contributed by atoms with Gasteiger partial charge in [-0.25, -0.2) is 8.42 Å². The average molecular weight is 407 g/mol. The molecule has 1 saturated heterocycles. The second-order valence-corrected chi connectivity index (χ2v) is 8.13. The fourth-order valence-electron chi connectivity index (χ4n) is 2.68.